The van der Waals surface area contributed by atoms with E-state index < -0.39 is 33.7 Å². The van der Waals surface area contributed by atoms with Gasteiger partial charge in [0.2, 0.25) is 5.43 Å². The summed E-state index contributed by atoms with van der Waals surface area (Å²) in [5.74, 6) is -1.03. The molecular weight excluding hydrogens is 572 g/mol. The van der Waals surface area contributed by atoms with Gasteiger partial charge in [-0.3, -0.25) is 9.59 Å². The summed E-state index contributed by atoms with van der Waals surface area (Å²) in [5, 5.41) is 42.9. The van der Waals surface area contributed by atoms with E-state index in [-0.39, 0.29) is 56.3 Å². The Balaban J connectivity index is 1.66. The van der Waals surface area contributed by atoms with E-state index in [1.54, 1.807) is 24.3 Å². The first-order chi connectivity index (χ1) is 21.1. The zero-order valence-electron chi connectivity index (χ0n) is 23.5. The molecule has 11 nitrogen and oxygen atoms in total. The minimum atomic E-state index is -0.792. The first-order valence-electron chi connectivity index (χ1n) is 13.1. The Labute approximate surface area is 248 Å². The highest BCUT2D eigenvalue weighted by atomic mass is 16.5. The molecule has 0 amide bonds. The molecule has 0 saturated heterocycles. The van der Waals surface area contributed by atoms with Crippen LogP contribution < -0.4 is 25.1 Å². The number of fused-ring (bicyclic) bond motifs is 2. The molecular formula is C33H24O11. The van der Waals surface area contributed by atoms with Crippen molar-refractivity contribution in [1.29, 1.82) is 0 Å². The number of hydrogen-bond acceptors (Lipinski definition) is 11. The van der Waals surface area contributed by atoms with Gasteiger partial charge in [-0.25, -0.2) is 0 Å². The van der Waals surface area contributed by atoms with E-state index in [9.17, 15) is 30.0 Å². The van der Waals surface area contributed by atoms with Crippen LogP contribution in [0.15, 0.2) is 85.2 Å². The second-order valence-electron chi connectivity index (χ2n) is 9.74. The third-order valence-corrected chi connectivity index (χ3v) is 7.22. The molecule has 2 aromatic heterocycles. The van der Waals surface area contributed by atoms with Gasteiger partial charge in [0.15, 0.2) is 16.9 Å². The summed E-state index contributed by atoms with van der Waals surface area (Å²) in [6, 6.07) is 15.6. The topological polar surface area (TPSA) is 169 Å². The van der Waals surface area contributed by atoms with Crippen LogP contribution in [0.2, 0.25) is 0 Å². The van der Waals surface area contributed by atoms with Crippen molar-refractivity contribution < 1.29 is 43.5 Å². The van der Waals surface area contributed by atoms with Crippen LogP contribution in [0.1, 0.15) is 0 Å². The third kappa shape index (κ3) is 4.47. The van der Waals surface area contributed by atoms with E-state index in [0.717, 1.165) is 12.1 Å². The minimum Gasteiger partial charge on any atom is -0.507 e. The summed E-state index contributed by atoms with van der Waals surface area (Å²) >= 11 is 0. The second-order valence-corrected chi connectivity index (χ2v) is 9.74. The highest BCUT2D eigenvalue weighted by Gasteiger charge is 2.28. The number of phenols is 4. The van der Waals surface area contributed by atoms with Crippen molar-refractivity contribution in [2.24, 2.45) is 0 Å². The molecule has 0 aliphatic rings. The SMILES string of the molecule is COc1ccc(-c2oc3cc(OC)cc(O)c3c(=O)c2-c2c(O)cc3oc(-c4ccc(O)c(OC)c4)cc(=O)c3c2O)cc1. The standard InChI is InChI=1S/C33H24O11/c1-40-17-7-4-15(5-8-17)33-30(32(39)27-20(35)11-18(41-2)12-25(27)44-33)29-22(37)14-26-28(31(29)38)21(36)13-23(43-26)16-6-9-19(34)24(10-16)42-3/h4-14,34-35,37-38H,1-3H3. The van der Waals surface area contributed by atoms with Crippen LogP contribution >= 0.6 is 0 Å². The van der Waals surface area contributed by atoms with Crippen LogP contribution in [-0.2, 0) is 0 Å². The molecule has 6 rings (SSSR count). The number of hydrogen-bond donors (Lipinski definition) is 4. The lowest BCUT2D eigenvalue weighted by molar-refractivity contribution is 0.373. The molecule has 11 heteroatoms. The van der Waals surface area contributed by atoms with Crippen LogP contribution in [-0.4, -0.2) is 41.8 Å². The average Bonchev–Trinajstić information content (AvgIpc) is 3.01. The zero-order chi connectivity index (χ0) is 31.3. The Kier molecular flexibility index (Phi) is 6.77. The van der Waals surface area contributed by atoms with Crippen molar-refractivity contribution >= 4 is 21.9 Å². The Morgan fingerprint density at radius 3 is 1.95 bits per heavy atom. The van der Waals surface area contributed by atoms with E-state index >= 15 is 0 Å². The Morgan fingerprint density at radius 1 is 0.591 bits per heavy atom. The maximum absolute atomic E-state index is 14.1. The maximum Gasteiger partial charge on any atom is 0.205 e. The van der Waals surface area contributed by atoms with Crippen molar-refractivity contribution in [3.05, 3.63) is 87.2 Å². The van der Waals surface area contributed by atoms with E-state index in [0.29, 0.717) is 16.9 Å². The Morgan fingerprint density at radius 2 is 1.27 bits per heavy atom. The summed E-state index contributed by atoms with van der Waals surface area (Å²) in [7, 11) is 4.25. The van der Waals surface area contributed by atoms with Crippen molar-refractivity contribution in [2.45, 2.75) is 0 Å². The van der Waals surface area contributed by atoms with Crippen LogP contribution in [0, 0.1) is 0 Å². The summed E-state index contributed by atoms with van der Waals surface area (Å²) in [5.41, 5.74) is -1.64. The zero-order valence-corrected chi connectivity index (χ0v) is 23.5. The van der Waals surface area contributed by atoms with Gasteiger partial charge in [0, 0.05) is 35.4 Å². The summed E-state index contributed by atoms with van der Waals surface area (Å²) in [6.07, 6.45) is 0. The van der Waals surface area contributed by atoms with Crippen molar-refractivity contribution in [1.82, 2.24) is 0 Å². The van der Waals surface area contributed by atoms with Gasteiger partial charge >= 0.3 is 0 Å². The number of methoxy groups -OCH3 is 3. The lowest BCUT2D eigenvalue weighted by Crippen LogP contribution is -2.09. The molecule has 44 heavy (non-hydrogen) atoms. The molecule has 0 unspecified atom stereocenters. The van der Waals surface area contributed by atoms with E-state index in [1.165, 1.54) is 51.7 Å². The van der Waals surface area contributed by atoms with Crippen LogP contribution in [0.25, 0.3) is 55.7 Å². The first kappa shape index (κ1) is 28.0. The summed E-state index contributed by atoms with van der Waals surface area (Å²) < 4.78 is 27.6. The molecule has 0 fully saturated rings. The van der Waals surface area contributed by atoms with Gasteiger partial charge in [0.1, 0.15) is 62.2 Å². The lowest BCUT2D eigenvalue weighted by atomic mass is 9.95. The van der Waals surface area contributed by atoms with Crippen molar-refractivity contribution in [3.63, 3.8) is 0 Å². The van der Waals surface area contributed by atoms with Crippen LogP contribution in [0.4, 0.5) is 0 Å². The normalized spacial score (nSPS) is 11.2. The van der Waals surface area contributed by atoms with Gasteiger partial charge < -0.3 is 43.5 Å². The highest BCUT2D eigenvalue weighted by molar-refractivity contribution is 6.01. The summed E-state index contributed by atoms with van der Waals surface area (Å²) in [4.78, 5) is 27.5. The quantitative estimate of drug-likeness (QED) is 0.185. The molecule has 0 atom stereocenters. The van der Waals surface area contributed by atoms with E-state index in [1.807, 2.05) is 0 Å². The molecule has 4 aromatic carbocycles. The van der Waals surface area contributed by atoms with Gasteiger partial charge in [0.05, 0.1) is 32.5 Å². The number of phenolic OH excluding ortho intramolecular Hbond substituents is 4. The largest absolute Gasteiger partial charge is 0.507 e. The van der Waals surface area contributed by atoms with Crippen LogP contribution in [0.3, 0.4) is 0 Å². The monoisotopic (exact) mass is 596 g/mol. The smallest absolute Gasteiger partial charge is 0.205 e. The number of aromatic hydroxyl groups is 4. The minimum absolute atomic E-state index is 0.0188. The summed E-state index contributed by atoms with van der Waals surface area (Å²) in [6.45, 7) is 0. The maximum atomic E-state index is 14.1. The highest BCUT2D eigenvalue weighted by Crippen LogP contribution is 2.46. The molecule has 6 aromatic rings. The fourth-order valence-corrected chi connectivity index (χ4v) is 5.07. The fourth-order valence-electron chi connectivity index (χ4n) is 5.07. The van der Waals surface area contributed by atoms with Crippen molar-refractivity contribution in [3.8, 4) is 74.0 Å². The first-order valence-corrected chi connectivity index (χ1v) is 13.1. The Bertz CT molecular complexity index is 2210. The predicted octanol–water partition coefficient (Wildman–Crippen LogP) is 5.75. The lowest BCUT2D eigenvalue weighted by Gasteiger charge is -2.15. The Hall–Kier alpha value is -6.10. The van der Waals surface area contributed by atoms with E-state index in [2.05, 4.69) is 0 Å². The van der Waals surface area contributed by atoms with Gasteiger partial charge in [-0.2, -0.15) is 0 Å². The van der Waals surface area contributed by atoms with Crippen LogP contribution in [0.5, 0.6) is 40.2 Å². The third-order valence-electron chi connectivity index (χ3n) is 7.22. The van der Waals surface area contributed by atoms with Gasteiger partial charge in [-0.15, -0.1) is 0 Å². The number of rotatable bonds is 6. The number of benzene rings is 4. The average molecular weight is 597 g/mol. The second kappa shape index (κ2) is 10.6. The number of ether oxygens (including phenoxy) is 3. The molecule has 0 saturated carbocycles. The molecule has 0 aliphatic heterocycles. The molecule has 2 heterocycles. The molecule has 0 bridgehead atoms. The molecule has 4 N–H and O–H groups in total. The van der Waals surface area contributed by atoms with E-state index in [4.69, 9.17) is 23.0 Å². The predicted molar refractivity (Wildman–Crippen MR) is 161 cm³/mol. The molecule has 0 aliphatic carbocycles. The molecule has 0 radical (unpaired) electrons. The van der Waals surface area contributed by atoms with Crippen molar-refractivity contribution in [2.75, 3.05) is 21.3 Å². The molecule has 222 valence electrons. The van der Waals surface area contributed by atoms with Gasteiger partial charge in [-0.1, -0.05) is 0 Å². The van der Waals surface area contributed by atoms with Gasteiger partial charge in [-0.05, 0) is 42.5 Å². The molecule has 0 spiro atoms. The fraction of sp³-hybridized carbons (Fsp3) is 0.0909. The van der Waals surface area contributed by atoms with Gasteiger partial charge in [0.25, 0.3) is 0 Å².